The van der Waals surface area contributed by atoms with Crippen LogP contribution in [-0.4, -0.2) is 24.6 Å². The smallest absolute Gasteiger partial charge is 0.254 e. The minimum Gasteiger partial charge on any atom is -0.488 e. The summed E-state index contributed by atoms with van der Waals surface area (Å²) in [6, 6.07) is 19.0. The van der Waals surface area contributed by atoms with Gasteiger partial charge in [0, 0.05) is 17.4 Å². The van der Waals surface area contributed by atoms with Crippen molar-refractivity contribution in [2.75, 3.05) is 6.54 Å². The molecule has 0 radical (unpaired) electrons. The molecule has 2 amide bonds. The highest BCUT2D eigenvalue weighted by atomic mass is 79.9. The van der Waals surface area contributed by atoms with Crippen LogP contribution in [0.3, 0.4) is 0 Å². The van der Waals surface area contributed by atoms with Gasteiger partial charge in [-0.25, -0.2) is 9.82 Å². The van der Waals surface area contributed by atoms with Crippen molar-refractivity contribution >= 4 is 49.9 Å². The zero-order valence-corrected chi connectivity index (χ0v) is 20.5. The van der Waals surface area contributed by atoms with Crippen molar-refractivity contribution in [1.82, 2.24) is 10.7 Å². The quantitative estimate of drug-likeness (QED) is 0.271. The molecular weight excluding hydrogens is 557 g/mol. The zero-order chi connectivity index (χ0) is 23.6. The first-order chi connectivity index (χ1) is 15.9. The van der Waals surface area contributed by atoms with Crippen molar-refractivity contribution in [3.63, 3.8) is 0 Å². The normalized spacial score (nSPS) is 10.8. The van der Waals surface area contributed by atoms with Gasteiger partial charge in [-0.3, -0.25) is 9.59 Å². The maximum Gasteiger partial charge on any atom is 0.254 e. The Morgan fingerprint density at radius 1 is 1.03 bits per heavy atom. The molecule has 0 heterocycles. The van der Waals surface area contributed by atoms with E-state index in [0.717, 1.165) is 20.1 Å². The van der Waals surface area contributed by atoms with Crippen LogP contribution < -0.4 is 15.5 Å². The minimum atomic E-state index is -0.611. The largest absolute Gasteiger partial charge is 0.488 e. The standard InChI is InChI=1S/C24H20Br2FN3O3/c25-18-8-5-16(6-9-18)15-33-22-10-7-17(13-20(22)26)14-29-30-23(31)11-12-28-24(32)19-3-1-2-4-21(19)27/h1-10,13-14H,11-12,15H2,(H,28,32)(H,30,31). The van der Waals surface area contributed by atoms with Gasteiger partial charge >= 0.3 is 0 Å². The van der Waals surface area contributed by atoms with Gasteiger partial charge in [-0.15, -0.1) is 0 Å². The van der Waals surface area contributed by atoms with Gasteiger partial charge in [0.1, 0.15) is 18.2 Å². The number of hydrazone groups is 1. The van der Waals surface area contributed by atoms with Gasteiger partial charge in [-0.2, -0.15) is 5.10 Å². The monoisotopic (exact) mass is 575 g/mol. The van der Waals surface area contributed by atoms with E-state index in [1.54, 1.807) is 6.07 Å². The fourth-order valence-corrected chi connectivity index (χ4v) is 3.50. The SMILES string of the molecule is O=C(CCNC(=O)c1ccccc1F)NN=Cc1ccc(OCc2ccc(Br)cc2)c(Br)c1. The maximum absolute atomic E-state index is 13.6. The van der Waals surface area contributed by atoms with E-state index in [9.17, 15) is 14.0 Å². The Hall–Kier alpha value is -3.04. The number of halogens is 3. The van der Waals surface area contributed by atoms with Gasteiger partial charge in [0.25, 0.3) is 5.91 Å². The first-order valence-corrected chi connectivity index (χ1v) is 11.5. The summed E-state index contributed by atoms with van der Waals surface area (Å²) in [5, 5.41) is 6.43. The second-order valence-corrected chi connectivity index (χ2v) is 8.65. The molecule has 0 atom stereocenters. The van der Waals surface area contributed by atoms with Crippen LogP contribution in [0.15, 0.2) is 80.8 Å². The van der Waals surface area contributed by atoms with Crippen LogP contribution in [0.1, 0.15) is 27.9 Å². The third kappa shape index (κ3) is 7.80. The lowest BCUT2D eigenvalue weighted by Gasteiger charge is -2.09. The first-order valence-electron chi connectivity index (χ1n) is 9.94. The fraction of sp³-hybridized carbons (Fsp3) is 0.125. The topological polar surface area (TPSA) is 79.8 Å². The third-order valence-electron chi connectivity index (χ3n) is 4.42. The molecule has 170 valence electrons. The van der Waals surface area contributed by atoms with Gasteiger partial charge in [0.15, 0.2) is 0 Å². The Balaban J connectivity index is 1.42. The average Bonchev–Trinajstić information content (AvgIpc) is 2.80. The molecular formula is C24H20Br2FN3O3. The molecule has 3 rings (SSSR count). The third-order valence-corrected chi connectivity index (χ3v) is 5.57. The van der Waals surface area contributed by atoms with E-state index < -0.39 is 11.7 Å². The lowest BCUT2D eigenvalue weighted by molar-refractivity contribution is -0.120. The highest BCUT2D eigenvalue weighted by Gasteiger charge is 2.10. The highest BCUT2D eigenvalue weighted by molar-refractivity contribution is 9.10. The van der Waals surface area contributed by atoms with Gasteiger partial charge in [0.05, 0.1) is 16.3 Å². The Labute approximate surface area is 207 Å². The fourth-order valence-electron chi connectivity index (χ4n) is 2.72. The van der Waals surface area contributed by atoms with Crippen molar-refractivity contribution in [3.05, 3.63) is 98.2 Å². The van der Waals surface area contributed by atoms with Gasteiger partial charge in [-0.05, 0) is 69.5 Å². The number of amides is 2. The lowest BCUT2D eigenvalue weighted by atomic mass is 10.2. The Morgan fingerprint density at radius 2 is 1.79 bits per heavy atom. The maximum atomic E-state index is 13.6. The number of nitrogens with one attached hydrogen (secondary N) is 2. The molecule has 9 heteroatoms. The summed E-state index contributed by atoms with van der Waals surface area (Å²) in [4.78, 5) is 23.8. The van der Waals surface area contributed by atoms with E-state index in [1.165, 1.54) is 24.4 Å². The zero-order valence-electron chi connectivity index (χ0n) is 17.4. The van der Waals surface area contributed by atoms with Crippen molar-refractivity contribution in [1.29, 1.82) is 0 Å². The number of hydrogen-bond acceptors (Lipinski definition) is 4. The molecule has 6 nitrogen and oxygen atoms in total. The molecule has 0 spiro atoms. The molecule has 0 unspecified atom stereocenters. The molecule has 0 fully saturated rings. The van der Waals surface area contributed by atoms with E-state index in [0.29, 0.717) is 12.4 Å². The summed E-state index contributed by atoms with van der Waals surface area (Å²) in [7, 11) is 0. The van der Waals surface area contributed by atoms with E-state index in [1.807, 2.05) is 42.5 Å². The molecule has 0 saturated carbocycles. The predicted molar refractivity (Wildman–Crippen MR) is 132 cm³/mol. The van der Waals surface area contributed by atoms with Crippen LogP contribution in [0.25, 0.3) is 0 Å². The lowest BCUT2D eigenvalue weighted by Crippen LogP contribution is -2.29. The number of carbonyl (C=O) groups excluding carboxylic acids is 2. The second-order valence-electron chi connectivity index (χ2n) is 6.88. The Bertz CT molecular complexity index is 1150. The van der Waals surface area contributed by atoms with Gasteiger partial charge in [0.2, 0.25) is 5.91 Å². The van der Waals surface area contributed by atoms with Gasteiger partial charge in [-0.1, -0.05) is 40.2 Å². The van der Waals surface area contributed by atoms with Crippen LogP contribution >= 0.6 is 31.9 Å². The van der Waals surface area contributed by atoms with Crippen LogP contribution in [0.4, 0.5) is 4.39 Å². The van der Waals surface area contributed by atoms with Crippen LogP contribution in [0.2, 0.25) is 0 Å². The molecule has 0 bridgehead atoms. The second kappa shape index (κ2) is 12.3. The summed E-state index contributed by atoms with van der Waals surface area (Å²) in [5.41, 5.74) is 4.13. The molecule has 33 heavy (non-hydrogen) atoms. The van der Waals surface area contributed by atoms with Crippen molar-refractivity contribution < 1.29 is 18.7 Å². The molecule has 0 saturated heterocycles. The Kier molecular flexibility index (Phi) is 9.14. The van der Waals surface area contributed by atoms with E-state index in [-0.39, 0.29) is 24.4 Å². The highest BCUT2D eigenvalue weighted by Crippen LogP contribution is 2.26. The molecule has 0 aromatic heterocycles. The summed E-state index contributed by atoms with van der Waals surface area (Å²) in [5.74, 6) is -0.880. The molecule has 0 aliphatic carbocycles. The van der Waals surface area contributed by atoms with Crippen LogP contribution in [0, 0.1) is 5.82 Å². The van der Waals surface area contributed by atoms with Gasteiger partial charge < -0.3 is 10.1 Å². The number of carbonyl (C=O) groups is 2. The summed E-state index contributed by atoms with van der Waals surface area (Å²) in [6.45, 7) is 0.493. The van der Waals surface area contributed by atoms with Crippen molar-refractivity contribution in [2.45, 2.75) is 13.0 Å². The Morgan fingerprint density at radius 3 is 2.52 bits per heavy atom. The molecule has 2 N–H and O–H groups in total. The van der Waals surface area contributed by atoms with Crippen LogP contribution in [-0.2, 0) is 11.4 Å². The number of hydrogen-bond donors (Lipinski definition) is 2. The summed E-state index contributed by atoms with van der Waals surface area (Å²) >= 11 is 6.88. The molecule has 0 aliphatic rings. The first kappa shape index (κ1) is 24.6. The van der Waals surface area contributed by atoms with Crippen LogP contribution in [0.5, 0.6) is 5.75 Å². The number of ether oxygens (including phenoxy) is 1. The number of rotatable bonds is 9. The predicted octanol–water partition coefficient (Wildman–Crippen LogP) is 5.20. The summed E-state index contributed by atoms with van der Waals surface area (Å²) < 4.78 is 21.2. The van der Waals surface area contributed by atoms with E-state index >= 15 is 0 Å². The molecule has 0 aliphatic heterocycles. The van der Waals surface area contributed by atoms with E-state index in [4.69, 9.17) is 4.74 Å². The summed E-state index contributed by atoms with van der Waals surface area (Å²) in [6.07, 6.45) is 1.50. The number of nitrogens with zero attached hydrogens (tertiary/aromatic N) is 1. The van der Waals surface area contributed by atoms with Crippen molar-refractivity contribution in [2.24, 2.45) is 5.10 Å². The minimum absolute atomic E-state index is 0.00403. The average molecular weight is 577 g/mol. The van der Waals surface area contributed by atoms with Crippen molar-refractivity contribution in [3.8, 4) is 5.75 Å². The molecule has 3 aromatic rings. The van der Waals surface area contributed by atoms with E-state index in [2.05, 4.69) is 47.7 Å². The number of benzene rings is 3. The molecule has 3 aromatic carbocycles.